The van der Waals surface area contributed by atoms with E-state index in [-0.39, 0.29) is 0 Å². The van der Waals surface area contributed by atoms with Crippen LogP contribution in [0.15, 0.2) is 18.2 Å². The van der Waals surface area contributed by atoms with Crippen molar-refractivity contribution < 1.29 is 13.2 Å². The van der Waals surface area contributed by atoms with E-state index in [9.17, 15) is 8.42 Å². The second-order valence-electron chi connectivity index (χ2n) is 5.02. The molecule has 6 nitrogen and oxygen atoms in total. The minimum atomic E-state index is -3.49. The van der Waals surface area contributed by atoms with Crippen LogP contribution in [0.2, 0.25) is 0 Å². The summed E-state index contributed by atoms with van der Waals surface area (Å²) in [5, 5.41) is 3.30. The zero-order valence-electron chi connectivity index (χ0n) is 11.3. The molecule has 2 N–H and O–H groups in total. The molecule has 2 aliphatic heterocycles. The van der Waals surface area contributed by atoms with Crippen molar-refractivity contribution in [1.29, 1.82) is 0 Å². The molecular formula is C13H19N3O3S. The van der Waals surface area contributed by atoms with Crippen LogP contribution in [0.1, 0.15) is 12.0 Å². The lowest BCUT2D eigenvalue weighted by molar-refractivity contribution is 0.0733. The lowest BCUT2D eigenvalue weighted by Gasteiger charge is -2.26. The molecule has 2 aliphatic rings. The number of rotatable bonds is 3. The van der Waals surface area contributed by atoms with Crippen LogP contribution < -0.4 is 10.0 Å². The highest BCUT2D eigenvalue weighted by Gasteiger charge is 2.24. The van der Waals surface area contributed by atoms with Gasteiger partial charge in [0.1, 0.15) is 0 Å². The summed E-state index contributed by atoms with van der Waals surface area (Å²) in [5.41, 5.74) is 2.87. The van der Waals surface area contributed by atoms with E-state index >= 15 is 0 Å². The highest BCUT2D eigenvalue weighted by molar-refractivity contribution is 7.90. The maximum Gasteiger partial charge on any atom is 0.301 e. The summed E-state index contributed by atoms with van der Waals surface area (Å²) in [6, 6.07) is 5.68. The smallest absolute Gasteiger partial charge is 0.301 e. The molecule has 0 bridgehead atoms. The standard InChI is InChI=1S/C13H19N3O3S/c17-20(18,16-6-8-19-9-7-16)15-12-4-3-11-2-1-5-14-13(11)10-12/h3-4,10,14-15H,1-2,5-9H2. The van der Waals surface area contributed by atoms with Crippen molar-refractivity contribution in [3.8, 4) is 0 Å². The van der Waals surface area contributed by atoms with Crippen molar-refractivity contribution >= 4 is 21.6 Å². The Labute approximate surface area is 119 Å². The van der Waals surface area contributed by atoms with Crippen molar-refractivity contribution in [2.45, 2.75) is 12.8 Å². The Morgan fingerprint density at radius 3 is 2.85 bits per heavy atom. The number of benzene rings is 1. The average Bonchev–Trinajstić information content (AvgIpc) is 2.48. The molecule has 0 radical (unpaired) electrons. The summed E-state index contributed by atoms with van der Waals surface area (Å²) in [5.74, 6) is 0. The third kappa shape index (κ3) is 2.89. The first-order valence-electron chi connectivity index (χ1n) is 6.87. The maximum atomic E-state index is 12.3. The van der Waals surface area contributed by atoms with Crippen LogP contribution in [0.25, 0.3) is 0 Å². The number of fused-ring (bicyclic) bond motifs is 1. The van der Waals surface area contributed by atoms with Crippen LogP contribution in [-0.4, -0.2) is 45.6 Å². The molecule has 0 aliphatic carbocycles. The number of morpholine rings is 1. The molecule has 0 amide bonds. The second kappa shape index (κ2) is 5.59. The molecule has 3 rings (SSSR count). The highest BCUT2D eigenvalue weighted by atomic mass is 32.2. The Kier molecular flexibility index (Phi) is 3.82. The molecular weight excluding hydrogens is 278 g/mol. The molecule has 1 fully saturated rings. The minimum absolute atomic E-state index is 0.401. The highest BCUT2D eigenvalue weighted by Crippen LogP contribution is 2.26. The van der Waals surface area contributed by atoms with Crippen LogP contribution in [-0.2, 0) is 21.4 Å². The van der Waals surface area contributed by atoms with Crippen molar-refractivity contribution in [3.63, 3.8) is 0 Å². The molecule has 0 atom stereocenters. The van der Waals surface area contributed by atoms with Gasteiger partial charge in [0.15, 0.2) is 0 Å². The zero-order valence-corrected chi connectivity index (χ0v) is 12.1. The molecule has 0 saturated carbocycles. The van der Waals surface area contributed by atoms with Crippen LogP contribution in [0, 0.1) is 0 Å². The molecule has 1 aromatic carbocycles. The van der Waals surface area contributed by atoms with E-state index in [1.807, 2.05) is 18.2 Å². The fourth-order valence-corrected chi connectivity index (χ4v) is 3.71. The molecule has 110 valence electrons. The Balaban J connectivity index is 1.76. The van der Waals surface area contributed by atoms with Crippen LogP contribution in [0.3, 0.4) is 0 Å². The van der Waals surface area contributed by atoms with Crippen molar-refractivity contribution in [2.24, 2.45) is 0 Å². The minimum Gasteiger partial charge on any atom is -0.385 e. The summed E-state index contributed by atoms with van der Waals surface area (Å²) in [4.78, 5) is 0. The molecule has 20 heavy (non-hydrogen) atoms. The van der Waals surface area contributed by atoms with Gasteiger partial charge in [0.25, 0.3) is 0 Å². The first-order valence-corrected chi connectivity index (χ1v) is 8.32. The van der Waals surface area contributed by atoms with E-state index in [1.54, 1.807) is 0 Å². The van der Waals surface area contributed by atoms with Crippen molar-refractivity contribution in [2.75, 3.05) is 42.9 Å². The van der Waals surface area contributed by atoms with E-state index < -0.39 is 10.2 Å². The van der Waals surface area contributed by atoms with E-state index in [1.165, 1.54) is 9.87 Å². The summed E-state index contributed by atoms with van der Waals surface area (Å²) in [6.45, 7) is 2.64. The maximum absolute atomic E-state index is 12.3. The topological polar surface area (TPSA) is 70.7 Å². The Morgan fingerprint density at radius 1 is 1.25 bits per heavy atom. The van der Waals surface area contributed by atoms with Gasteiger partial charge in [-0.1, -0.05) is 6.07 Å². The Hall–Kier alpha value is -1.31. The van der Waals surface area contributed by atoms with Gasteiger partial charge in [-0.15, -0.1) is 0 Å². The largest absolute Gasteiger partial charge is 0.385 e. The Bertz CT molecular complexity index is 583. The van der Waals surface area contributed by atoms with Gasteiger partial charge in [-0.05, 0) is 30.5 Å². The molecule has 1 saturated heterocycles. The summed E-state index contributed by atoms with van der Waals surface area (Å²) >= 11 is 0. The molecule has 0 spiro atoms. The second-order valence-corrected chi connectivity index (χ2v) is 6.69. The van der Waals surface area contributed by atoms with Crippen LogP contribution in [0.5, 0.6) is 0 Å². The molecule has 0 aromatic heterocycles. The molecule has 2 heterocycles. The molecule has 7 heteroatoms. The number of ether oxygens (including phenoxy) is 1. The van der Waals surface area contributed by atoms with Gasteiger partial charge >= 0.3 is 10.2 Å². The van der Waals surface area contributed by atoms with Gasteiger partial charge in [-0.2, -0.15) is 12.7 Å². The third-order valence-electron chi connectivity index (χ3n) is 3.61. The van der Waals surface area contributed by atoms with Crippen LogP contribution in [0.4, 0.5) is 11.4 Å². The number of hydrogen-bond acceptors (Lipinski definition) is 4. The van der Waals surface area contributed by atoms with E-state index in [2.05, 4.69) is 10.0 Å². The molecule has 0 unspecified atom stereocenters. The van der Waals surface area contributed by atoms with Gasteiger partial charge in [0.2, 0.25) is 0 Å². The monoisotopic (exact) mass is 297 g/mol. The van der Waals surface area contributed by atoms with Gasteiger partial charge in [-0.3, -0.25) is 4.72 Å². The third-order valence-corrected chi connectivity index (χ3v) is 5.14. The lowest BCUT2D eigenvalue weighted by Crippen LogP contribution is -2.43. The summed E-state index contributed by atoms with van der Waals surface area (Å²) < 4.78 is 33.8. The van der Waals surface area contributed by atoms with E-state index in [0.717, 1.165) is 25.1 Å². The van der Waals surface area contributed by atoms with Crippen molar-refractivity contribution in [1.82, 2.24) is 4.31 Å². The first-order chi connectivity index (χ1) is 9.65. The fourth-order valence-electron chi connectivity index (χ4n) is 2.52. The van der Waals surface area contributed by atoms with Crippen LogP contribution >= 0.6 is 0 Å². The number of nitrogens with one attached hydrogen (secondary N) is 2. The van der Waals surface area contributed by atoms with E-state index in [0.29, 0.717) is 32.0 Å². The predicted molar refractivity (Wildman–Crippen MR) is 78.2 cm³/mol. The number of hydrogen-bond donors (Lipinski definition) is 2. The normalized spacial score (nSPS) is 20.0. The SMILES string of the molecule is O=S(=O)(Nc1ccc2c(c1)NCCC2)N1CCOCC1. The van der Waals surface area contributed by atoms with E-state index in [4.69, 9.17) is 4.74 Å². The molecule has 1 aromatic rings. The quantitative estimate of drug-likeness (QED) is 0.874. The van der Waals surface area contributed by atoms with Gasteiger partial charge in [0, 0.05) is 25.3 Å². The Morgan fingerprint density at radius 2 is 2.05 bits per heavy atom. The average molecular weight is 297 g/mol. The summed E-state index contributed by atoms with van der Waals surface area (Å²) in [7, 11) is -3.49. The number of anilines is 2. The van der Waals surface area contributed by atoms with Gasteiger partial charge in [0.05, 0.1) is 18.9 Å². The van der Waals surface area contributed by atoms with Crippen molar-refractivity contribution in [3.05, 3.63) is 23.8 Å². The number of nitrogens with zero attached hydrogens (tertiary/aromatic N) is 1. The first kappa shape index (κ1) is 13.7. The van der Waals surface area contributed by atoms with Gasteiger partial charge in [-0.25, -0.2) is 0 Å². The lowest BCUT2D eigenvalue weighted by atomic mass is 10.0. The fraction of sp³-hybridized carbons (Fsp3) is 0.538. The predicted octanol–water partition coefficient (Wildman–Crippen LogP) is 1.03. The number of aryl methyl sites for hydroxylation is 1. The summed E-state index contributed by atoms with van der Waals surface area (Å²) in [6.07, 6.45) is 2.16. The zero-order chi connectivity index (χ0) is 14.0. The van der Waals surface area contributed by atoms with Gasteiger partial charge < -0.3 is 10.1 Å².